The van der Waals surface area contributed by atoms with Gasteiger partial charge in [0.1, 0.15) is 0 Å². The Morgan fingerprint density at radius 3 is 2.62 bits per heavy atom. The molecule has 3 fully saturated rings. The second-order valence-electron chi connectivity index (χ2n) is 6.33. The van der Waals surface area contributed by atoms with Gasteiger partial charge in [-0.05, 0) is 62.7 Å². The van der Waals surface area contributed by atoms with Crippen molar-refractivity contribution in [2.45, 2.75) is 57.9 Å². The molecule has 2 nitrogen and oxygen atoms in total. The van der Waals surface area contributed by atoms with E-state index in [0.29, 0.717) is 17.9 Å². The Morgan fingerprint density at radius 1 is 1.25 bits per heavy atom. The molecule has 3 aliphatic rings. The van der Waals surface area contributed by atoms with Gasteiger partial charge in [0.15, 0.2) is 0 Å². The van der Waals surface area contributed by atoms with Gasteiger partial charge in [-0.3, -0.25) is 4.79 Å². The lowest BCUT2D eigenvalue weighted by atomic mass is 9.86. The van der Waals surface area contributed by atoms with Gasteiger partial charge >= 0.3 is 0 Å². The largest absolute Gasteiger partial charge is 0.353 e. The van der Waals surface area contributed by atoms with E-state index >= 15 is 0 Å². The lowest BCUT2D eigenvalue weighted by Crippen LogP contribution is -2.35. The zero-order valence-corrected chi connectivity index (χ0v) is 10.2. The molecule has 1 N–H and O–H groups in total. The lowest BCUT2D eigenvalue weighted by molar-refractivity contribution is -0.123. The topological polar surface area (TPSA) is 29.1 Å². The Bertz CT molecular complexity index is 284. The molecule has 0 aromatic heterocycles. The molecule has 3 aliphatic carbocycles. The first-order valence-corrected chi connectivity index (χ1v) is 7.01. The van der Waals surface area contributed by atoms with Crippen LogP contribution in [-0.2, 0) is 4.79 Å². The van der Waals surface area contributed by atoms with E-state index in [0.717, 1.165) is 24.2 Å². The first kappa shape index (κ1) is 10.6. The predicted molar refractivity (Wildman–Crippen MR) is 63.9 cm³/mol. The molecular formula is C14H23NO. The smallest absolute Gasteiger partial charge is 0.220 e. The molecule has 0 aromatic rings. The molecule has 4 unspecified atom stereocenters. The van der Waals surface area contributed by atoms with Crippen LogP contribution in [0.5, 0.6) is 0 Å². The molecule has 0 aromatic carbocycles. The van der Waals surface area contributed by atoms with E-state index in [2.05, 4.69) is 12.2 Å². The van der Waals surface area contributed by atoms with Crippen LogP contribution in [0.15, 0.2) is 0 Å². The number of carbonyl (C=O) groups excluding carboxylic acids is 1. The number of fused-ring (bicyclic) bond motifs is 2. The summed E-state index contributed by atoms with van der Waals surface area (Å²) in [6.07, 6.45) is 9.00. The first-order valence-electron chi connectivity index (χ1n) is 7.01. The number of carbonyl (C=O) groups is 1. The molecule has 4 atom stereocenters. The molecule has 3 saturated carbocycles. The van der Waals surface area contributed by atoms with E-state index in [1.807, 2.05) is 0 Å². The molecule has 2 heteroatoms. The van der Waals surface area contributed by atoms with Crippen LogP contribution in [0.4, 0.5) is 0 Å². The number of hydrogen-bond donors (Lipinski definition) is 1. The summed E-state index contributed by atoms with van der Waals surface area (Å²) in [5.41, 5.74) is 0. The molecule has 90 valence electrons. The predicted octanol–water partition coefficient (Wildman–Crippen LogP) is 2.73. The van der Waals surface area contributed by atoms with Gasteiger partial charge in [0, 0.05) is 12.5 Å². The maximum absolute atomic E-state index is 11.9. The number of hydrogen-bond acceptors (Lipinski definition) is 1. The van der Waals surface area contributed by atoms with Crippen molar-refractivity contribution in [1.29, 1.82) is 0 Å². The fraction of sp³-hybridized carbons (Fsp3) is 0.929. The van der Waals surface area contributed by atoms with Crippen LogP contribution in [0, 0.1) is 23.7 Å². The summed E-state index contributed by atoms with van der Waals surface area (Å²) in [5.74, 6) is 3.65. The average Bonchev–Trinajstić information content (AvgIpc) is 2.91. The van der Waals surface area contributed by atoms with E-state index in [9.17, 15) is 4.79 Å². The van der Waals surface area contributed by atoms with Gasteiger partial charge in [0.25, 0.3) is 0 Å². The zero-order valence-electron chi connectivity index (χ0n) is 10.2. The van der Waals surface area contributed by atoms with Crippen molar-refractivity contribution in [1.82, 2.24) is 5.32 Å². The number of amides is 1. The third-order valence-electron chi connectivity index (χ3n) is 5.05. The standard InChI is InChI=1S/C14H23NO/c1-9(11-4-5-11)15-14(16)8-13-7-10-2-3-12(13)6-10/h9-13H,2-8H2,1H3,(H,15,16). The minimum absolute atomic E-state index is 0.317. The van der Waals surface area contributed by atoms with Crippen LogP contribution in [-0.4, -0.2) is 11.9 Å². The molecule has 3 rings (SSSR count). The molecule has 2 bridgehead atoms. The maximum Gasteiger partial charge on any atom is 0.220 e. The summed E-state index contributed by atoms with van der Waals surface area (Å²) in [7, 11) is 0. The maximum atomic E-state index is 11.9. The van der Waals surface area contributed by atoms with Crippen molar-refractivity contribution in [3.63, 3.8) is 0 Å². The van der Waals surface area contributed by atoms with Gasteiger partial charge in [0.05, 0.1) is 0 Å². The van der Waals surface area contributed by atoms with Gasteiger partial charge in [-0.15, -0.1) is 0 Å². The van der Waals surface area contributed by atoms with Gasteiger partial charge in [-0.2, -0.15) is 0 Å². The SMILES string of the molecule is CC(NC(=O)CC1CC2CCC1C2)C1CC1. The second kappa shape index (κ2) is 4.05. The highest BCUT2D eigenvalue weighted by molar-refractivity contribution is 5.76. The molecule has 0 saturated heterocycles. The highest BCUT2D eigenvalue weighted by Crippen LogP contribution is 2.49. The first-order chi connectivity index (χ1) is 7.72. The van der Waals surface area contributed by atoms with Crippen molar-refractivity contribution >= 4 is 5.91 Å². The summed E-state index contributed by atoms with van der Waals surface area (Å²) >= 11 is 0. The molecule has 0 radical (unpaired) electrons. The average molecular weight is 221 g/mol. The van der Waals surface area contributed by atoms with E-state index in [4.69, 9.17) is 0 Å². The molecule has 0 aliphatic heterocycles. The quantitative estimate of drug-likeness (QED) is 0.777. The Kier molecular flexibility index (Phi) is 2.68. The summed E-state index contributed by atoms with van der Waals surface area (Å²) in [4.78, 5) is 11.9. The third-order valence-corrected chi connectivity index (χ3v) is 5.05. The highest BCUT2D eigenvalue weighted by Gasteiger charge is 2.40. The van der Waals surface area contributed by atoms with E-state index in [1.54, 1.807) is 0 Å². The summed E-state index contributed by atoms with van der Waals surface area (Å²) in [6, 6.07) is 0.422. The molecule has 1 amide bonds. The van der Waals surface area contributed by atoms with Crippen molar-refractivity contribution in [2.75, 3.05) is 0 Å². The number of rotatable bonds is 4. The highest BCUT2D eigenvalue weighted by atomic mass is 16.1. The Morgan fingerprint density at radius 2 is 2.06 bits per heavy atom. The van der Waals surface area contributed by atoms with Gasteiger partial charge in [0.2, 0.25) is 5.91 Å². The molecular weight excluding hydrogens is 198 g/mol. The molecule has 16 heavy (non-hydrogen) atoms. The van der Waals surface area contributed by atoms with Crippen molar-refractivity contribution in [3.05, 3.63) is 0 Å². The zero-order chi connectivity index (χ0) is 11.1. The lowest BCUT2D eigenvalue weighted by Gasteiger charge is -2.22. The van der Waals surface area contributed by atoms with Gasteiger partial charge in [-0.25, -0.2) is 0 Å². The number of nitrogens with one attached hydrogen (secondary N) is 1. The monoisotopic (exact) mass is 221 g/mol. The van der Waals surface area contributed by atoms with E-state index in [-0.39, 0.29) is 0 Å². The minimum Gasteiger partial charge on any atom is -0.353 e. The Hall–Kier alpha value is -0.530. The normalized spacial score (nSPS) is 38.7. The Balaban J connectivity index is 1.45. The van der Waals surface area contributed by atoms with Crippen LogP contribution in [0.1, 0.15) is 51.9 Å². The van der Waals surface area contributed by atoms with Gasteiger partial charge in [-0.1, -0.05) is 6.42 Å². The summed E-state index contributed by atoms with van der Waals surface area (Å²) < 4.78 is 0. The van der Waals surface area contributed by atoms with Crippen LogP contribution < -0.4 is 5.32 Å². The van der Waals surface area contributed by atoms with Crippen LogP contribution in [0.3, 0.4) is 0 Å². The van der Waals surface area contributed by atoms with Crippen LogP contribution in [0.2, 0.25) is 0 Å². The van der Waals surface area contributed by atoms with Crippen molar-refractivity contribution in [2.24, 2.45) is 23.7 Å². The molecule has 0 spiro atoms. The van der Waals surface area contributed by atoms with Crippen molar-refractivity contribution < 1.29 is 4.79 Å². The minimum atomic E-state index is 0.317. The second-order valence-corrected chi connectivity index (χ2v) is 6.33. The fourth-order valence-electron chi connectivity index (χ4n) is 3.89. The summed E-state index contributed by atoms with van der Waals surface area (Å²) in [6.45, 7) is 2.16. The van der Waals surface area contributed by atoms with E-state index < -0.39 is 0 Å². The van der Waals surface area contributed by atoms with Gasteiger partial charge < -0.3 is 5.32 Å². The van der Waals surface area contributed by atoms with Crippen LogP contribution in [0.25, 0.3) is 0 Å². The Labute approximate surface area is 98.2 Å². The molecule has 0 heterocycles. The van der Waals surface area contributed by atoms with E-state index in [1.165, 1.54) is 38.5 Å². The summed E-state index contributed by atoms with van der Waals surface area (Å²) in [5, 5.41) is 3.19. The fourth-order valence-corrected chi connectivity index (χ4v) is 3.89. The third kappa shape index (κ3) is 2.11. The van der Waals surface area contributed by atoms with Crippen molar-refractivity contribution in [3.8, 4) is 0 Å². The van der Waals surface area contributed by atoms with Crippen LogP contribution >= 0.6 is 0 Å².